The van der Waals surface area contributed by atoms with Gasteiger partial charge >= 0.3 is 5.97 Å². The SMILES string of the molecule is Cc1cncc(CC2(C(=O)O)CCc3ccccc32)c1. The number of fused-ring (bicyclic) bond motifs is 1. The predicted octanol–water partition coefficient (Wildman–Crippen LogP) is 2.90. The quantitative estimate of drug-likeness (QED) is 0.930. The van der Waals surface area contributed by atoms with Crippen LogP contribution < -0.4 is 0 Å². The molecule has 0 amide bonds. The van der Waals surface area contributed by atoms with Crippen molar-refractivity contribution in [2.45, 2.75) is 31.6 Å². The second kappa shape index (κ2) is 4.75. The fraction of sp³-hybridized carbons (Fsp3) is 0.294. The summed E-state index contributed by atoms with van der Waals surface area (Å²) in [7, 11) is 0. The number of pyridine rings is 1. The molecule has 0 radical (unpaired) electrons. The summed E-state index contributed by atoms with van der Waals surface area (Å²) in [6.45, 7) is 1.98. The number of aryl methyl sites for hydroxylation is 2. The van der Waals surface area contributed by atoms with E-state index in [0.717, 1.165) is 28.7 Å². The zero-order valence-electron chi connectivity index (χ0n) is 11.5. The Labute approximate surface area is 118 Å². The van der Waals surface area contributed by atoms with Crippen LogP contribution in [-0.4, -0.2) is 16.1 Å². The molecule has 3 nitrogen and oxygen atoms in total. The van der Waals surface area contributed by atoms with Gasteiger partial charge < -0.3 is 5.11 Å². The molecule has 1 aliphatic rings. The Morgan fingerprint density at radius 1 is 1.35 bits per heavy atom. The molecule has 1 unspecified atom stereocenters. The van der Waals surface area contributed by atoms with E-state index in [9.17, 15) is 9.90 Å². The van der Waals surface area contributed by atoms with Gasteiger partial charge in [0.2, 0.25) is 0 Å². The number of rotatable bonds is 3. The van der Waals surface area contributed by atoms with Gasteiger partial charge in [0.05, 0.1) is 5.41 Å². The molecule has 3 rings (SSSR count). The average Bonchev–Trinajstić information content (AvgIpc) is 2.79. The number of benzene rings is 1. The molecule has 0 saturated carbocycles. The number of carboxylic acid groups (broad SMARTS) is 1. The van der Waals surface area contributed by atoms with Crippen molar-refractivity contribution in [3.63, 3.8) is 0 Å². The van der Waals surface area contributed by atoms with Gasteiger partial charge in [-0.2, -0.15) is 0 Å². The predicted molar refractivity (Wildman–Crippen MR) is 76.8 cm³/mol. The summed E-state index contributed by atoms with van der Waals surface area (Å²) in [4.78, 5) is 16.1. The highest BCUT2D eigenvalue weighted by atomic mass is 16.4. The van der Waals surface area contributed by atoms with Crippen molar-refractivity contribution in [3.8, 4) is 0 Å². The monoisotopic (exact) mass is 267 g/mol. The van der Waals surface area contributed by atoms with E-state index in [1.807, 2.05) is 37.3 Å². The number of aliphatic carboxylic acids is 1. The van der Waals surface area contributed by atoms with Crippen LogP contribution in [0.25, 0.3) is 0 Å². The van der Waals surface area contributed by atoms with Gasteiger partial charge in [0, 0.05) is 12.4 Å². The van der Waals surface area contributed by atoms with Crippen LogP contribution >= 0.6 is 0 Å². The summed E-state index contributed by atoms with van der Waals surface area (Å²) in [6.07, 6.45) is 5.57. The topological polar surface area (TPSA) is 50.2 Å². The van der Waals surface area contributed by atoms with Crippen LogP contribution in [0.3, 0.4) is 0 Å². The van der Waals surface area contributed by atoms with Gasteiger partial charge in [-0.05, 0) is 48.4 Å². The zero-order valence-corrected chi connectivity index (χ0v) is 11.5. The van der Waals surface area contributed by atoms with E-state index in [2.05, 4.69) is 4.98 Å². The largest absolute Gasteiger partial charge is 0.481 e. The highest BCUT2D eigenvalue weighted by Crippen LogP contribution is 2.41. The lowest BCUT2D eigenvalue weighted by Crippen LogP contribution is -2.35. The fourth-order valence-electron chi connectivity index (χ4n) is 3.23. The highest BCUT2D eigenvalue weighted by Gasteiger charge is 2.45. The van der Waals surface area contributed by atoms with Crippen LogP contribution in [0.2, 0.25) is 0 Å². The number of carboxylic acids is 1. The van der Waals surface area contributed by atoms with Gasteiger partial charge in [0.25, 0.3) is 0 Å². The summed E-state index contributed by atoms with van der Waals surface area (Å²) in [6, 6.07) is 9.92. The second-order valence-corrected chi connectivity index (χ2v) is 5.59. The maximum absolute atomic E-state index is 12.0. The lowest BCUT2D eigenvalue weighted by atomic mass is 9.77. The van der Waals surface area contributed by atoms with Crippen molar-refractivity contribution < 1.29 is 9.90 Å². The van der Waals surface area contributed by atoms with E-state index >= 15 is 0 Å². The maximum Gasteiger partial charge on any atom is 0.314 e. The normalized spacial score (nSPS) is 20.6. The first kappa shape index (κ1) is 12.9. The third kappa shape index (κ3) is 1.99. The molecule has 0 saturated heterocycles. The average molecular weight is 267 g/mol. The minimum absolute atomic E-state index is 0.508. The molecule has 102 valence electrons. The molecule has 1 aliphatic carbocycles. The van der Waals surface area contributed by atoms with Crippen LogP contribution in [0.15, 0.2) is 42.7 Å². The molecule has 0 fully saturated rings. The van der Waals surface area contributed by atoms with Crippen LogP contribution in [0.4, 0.5) is 0 Å². The third-order valence-corrected chi connectivity index (χ3v) is 4.20. The molecule has 3 heteroatoms. The van der Waals surface area contributed by atoms with Crippen molar-refractivity contribution in [1.82, 2.24) is 4.98 Å². The number of hydrogen-bond acceptors (Lipinski definition) is 2. The van der Waals surface area contributed by atoms with Gasteiger partial charge in [-0.25, -0.2) is 0 Å². The first-order chi connectivity index (χ1) is 9.62. The van der Waals surface area contributed by atoms with Gasteiger partial charge in [-0.1, -0.05) is 30.3 Å². The van der Waals surface area contributed by atoms with Crippen LogP contribution in [0.5, 0.6) is 0 Å². The molecule has 0 spiro atoms. The summed E-state index contributed by atoms with van der Waals surface area (Å²) >= 11 is 0. The Balaban J connectivity index is 2.05. The fourth-order valence-corrected chi connectivity index (χ4v) is 3.23. The Morgan fingerprint density at radius 2 is 2.15 bits per heavy atom. The van der Waals surface area contributed by atoms with Crippen molar-refractivity contribution in [3.05, 3.63) is 65.0 Å². The van der Waals surface area contributed by atoms with Crippen LogP contribution in [0.1, 0.15) is 28.7 Å². The van der Waals surface area contributed by atoms with Gasteiger partial charge in [0.15, 0.2) is 0 Å². The Morgan fingerprint density at radius 3 is 2.90 bits per heavy atom. The minimum atomic E-state index is -0.800. The van der Waals surface area contributed by atoms with Crippen molar-refractivity contribution in [2.75, 3.05) is 0 Å². The van der Waals surface area contributed by atoms with E-state index < -0.39 is 11.4 Å². The van der Waals surface area contributed by atoms with Gasteiger partial charge in [0.1, 0.15) is 0 Å². The summed E-state index contributed by atoms with van der Waals surface area (Å²) in [5.74, 6) is -0.732. The molecule has 1 atom stereocenters. The zero-order chi connectivity index (χ0) is 14.2. The number of nitrogens with zero attached hydrogens (tertiary/aromatic N) is 1. The third-order valence-electron chi connectivity index (χ3n) is 4.20. The summed E-state index contributed by atoms with van der Waals surface area (Å²) in [5, 5.41) is 9.82. The Bertz CT molecular complexity index is 666. The lowest BCUT2D eigenvalue weighted by molar-refractivity contribution is -0.143. The van der Waals surface area contributed by atoms with E-state index in [4.69, 9.17) is 0 Å². The Kier molecular flexibility index (Phi) is 3.05. The van der Waals surface area contributed by atoms with Crippen LogP contribution in [0, 0.1) is 6.92 Å². The first-order valence-electron chi connectivity index (χ1n) is 6.84. The number of hydrogen-bond donors (Lipinski definition) is 1. The van der Waals surface area contributed by atoms with Crippen LogP contribution in [-0.2, 0) is 23.1 Å². The first-order valence-corrected chi connectivity index (χ1v) is 6.84. The van der Waals surface area contributed by atoms with Crippen molar-refractivity contribution in [2.24, 2.45) is 0 Å². The molecule has 0 aliphatic heterocycles. The van der Waals surface area contributed by atoms with E-state index in [1.54, 1.807) is 12.4 Å². The molecule has 1 aromatic heterocycles. The second-order valence-electron chi connectivity index (χ2n) is 5.59. The molecular weight excluding hydrogens is 250 g/mol. The number of carbonyl (C=O) groups is 1. The standard InChI is InChI=1S/C17H17NO2/c1-12-8-13(11-18-10-12)9-17(16(19)20)7-6-14-4-2-3-5-15(14)17/h2-5,8,10-11H,6-7,9H2,1H3,(H,19,20). The molecular formula is C17H17NO2. The summed E-state index contributed by atoms with van der Waals surface area (Å²) in [5.41, 5.74) is 3.38. The lowest BCUT2D eigenvalue weighted by Gasteiger charge is -2.25. The molecule has 1 heterocycles. The minimum Gasteiger partial charge on any atom is -0.481 e. The van der Waals surface area contributed by atoms with E-state index in [1.165, 1.54) is 0 Å². The van der Waals surface area contributed by atoms with Crippen molar-refractivity contribution >= 4 is 5.97 Å². The van der Waals surface area contributed by atoms with E-state index in [-0.39, 0.29) is 0 Å². The molecule has 0 bridgehead atoms. The highest BCUT2D eigenvalue weighted by molar-refractivity contribution is 5.83. The molecule has 20 heavy (non-hydrogen) atoms. The van der Waals surface area contributed by atoms with Gasteiger partial charge in [-0.3, -0.25) is 9.78 Å². The van der Waals surface area contributed by atoms with Gasteiger partial charge in [-0.15, -0.1) is 0 Å². The molecule has 1 aromatic carbocycles. The van der Waals surface area contributed by atoms with Crippen molar-refractivity contribution in [1.29, 1.82) is 0 Å². The molecule has 1 N–H and O–H groups in total. The Hall–Kier alpha value is -2.16. The van der Waals surface area contributed by atoms with E-state index in [0.29, 0.717) is 12.8 Å². The maximum atomic E-state index is 12.0. The smallest absolute Gasteiger partial charge is 0.314 e. The molecule has 2 aromatic rings. The summed E-state index contributed by atoms with van der Waals surface area (Å²) < 4.78 is 0. The number of aromatic nitrogens is 1.